The van der Waals surface area contributed by atoms with Crippen molar-refractivity contribution in [3.8, 4) is 11.5 Å². The van der Waals surface area contributed by atoms with Gasteiger partial charge in [0.15, 0.2) is 0 Å². The lowest BCUT2D eigenvalue weighted by Crippen LogP contribution is -2.37. The molecular formula is C31H52O6. The Morgan fingerprint density at radius 2 is 1.30 bits per heavy atom. The van der Waals surface area contributed by atoms with Crippen LogP contribution in [0.4, 0.5) is 0 Å². The summed E-state index contributed by atoms with van der Waals surface area (Å²) in [6, 6.07) is 0. The zero-order chi connectivity index (χ0) is 28.3. The highest BCUT2D eigenvalue weighted by atomic mass is 16.5. The third kappa shape index (κ3) is 11.0. The quantitative estimate of drug-likeness (QED) is 0.241. The minimum Gasteiger partial charge on any atom is -0.507 e. The van der Waals surface area contributed by atoms with Gasteiger partial charge in [-0.3, -0.25) is 0 Å². The summed E-state index contributed by atoms with van der Waals surface area (Å²) in [6.45, 7) is 17.9. The van der Waals surface area contributed by atoms with E-state index in [1.807, 2.05) is 13.8 Å². The molecule has 0 radical (unpaired) electrons. The first-order valence-corrected chi connectivity index (χ1v) is 14.1. The first kappa shape index (κ1) is 32.8. The van der Waals surface area contributed by atoms with E-state index in [0.717, 1.165) is 59.5 Å². The van der Waals surface area contributed by atoms with Gasteiger partial charge < -0.3 is 20.1 Å². The third-order valence-electron chi connectivity index (χ3n) is 8.05. The largest absolute Gasteiger partial charge is 0.507 e. The number of aromatic hydroxyl groups is 1. The SMILES string of the molecule is Cc1c(C)c2c(c(C)c1O)CC[C@@](C)(CCCC(C)CCCC(C)CCCC(C)C)O2.O=C(O)C(=O)O. The summed E-state index contributed by atoms with van der Waals surface area (Å²) in [5, 5.41) is 25.2. The van der Waals surface area contributed by atoms with E-state index in [0.29, 0.717) is 5.75 Å². The number of hydrogen-bond acceptors (Lipinski definition) is 4. The average Bonchev–Trinajstić information content (AvgIpc) is 2.81. The van der Waals surface area contributed by atoms with Crippen LogP contribution in [0.5, 0.6) is 11.5 Å². The van der Waals surface area contributed by atoms with Crippen molar-refractivity contribution in [2.75, 3.05) is 0 Å². The van der Waals surface area contributed by atoms with Crippen LogP contribution in [0.3, 0.4) is 0 Å². The lowest BCUT2D eigenvalue weighted by atomic mass is 9.84. The Bertz CT molecular complexity index is 878. The molecule has 0 bridgehead atoms. The van der Waals surface area contributed by atoms with Crippen molar-refractivity contribution in [1.29, 1.82) is 0 Å². The molecule has 0 fully saturated rings. The van der Waals surface area contributed by atoms with Gasteiger partial charge in [-0.05, 0) is 87.8 Å². The van der Waals surface area contributed by atoms with E-state index in [1.54, 1.807) is 0 Å². The molecule has 3 atom stereocenters. The first-order valence-electron chi connectivity index (χ1n) is 14.1. The van der Waals surface area contributed by atoms with Crippen LogP contribution in [0.2, 0.25) is 0 Å². The molecule has 2 unspecified atom stereocenters. The minimum absolute atomic E-state index is 0.0712. The molecule has 1 aliphatic heterocycles. The Labute approximate surface area is 224 Å². The zero-order valence-electron chi connectivity index (χ0n) is 24.6. The van der Waals surface area contributed by atoms with E-state index in [-0.39, 0.29) is 5.60 Å². The number of ether oxygens (including phenoxy) is 1. The lowest BCUT2D eigenvalue weighted by Gasteiger charge is -2.38. The monoisotopic (exact) mass is 520 g/mol. The number of rotatable bonds is 12. The minimum atomic E-state index is -1.82. The maximum atomic E-state index is 10.4. The van der Waals surface area contributed by atoms with Gasteiger partial charge in [-0.15, -0.1) is 0 Å². The summed E-state index contributed by atoms with van der Waals surface area (Å²) >= 11 is 0. The van der Waals surface area contributed by atoms with Gasteiger partial charge in [0.2, 0.25) is 0 Å². The number of benzene rings is 1. The molecule has 37 heavy (non-hydrogen) atoms. The molecule has 6 heteroatoms. The second-order valence-corrected chi connectivity index (χ2v) is 12.1. The maximum Gasteiger partial charge on any atom is 0.414 e. The molecule has 0 aliphatic carbocycles. The van der Waals surface area contributed by atoms with Crippen LogP contribution >= 0.6 is 0 Å². The summed E-state index contributed by atoms with van der Waals surface area (Å²) in [7, 11) is 0. The molecule has 1 aromatic carbocycles. The van der Waals surface area contributed by atoms with Crippen LogP contribution in [0.1, 0.15) is 121 Å². The number of fused-ring (bicyclic) bond motifs is 1. The van der Waals surface area contributed by atoms with Crippen molar-refractivity contribution in [3.05, 3.63) is 22.3 Å². The zero-order valence-corrected chi connectivity index (χ0v) is 24.6. The molecule has 212 valence electrons. The van der Waals surface area contributed by atoms with Crippen molar-refractivity contribution in [1.82, 2.24) is 0 Å². The number of carbonyl (C=O) groups is 2. The van der Waals surface area contributed by atoms with Crippen molar-refractivity contribution in [2.24, 2.45) is 17.8 Å². The van der Waals surface area contributed by atoms with E-state index in [1.165, 1.54) is 56.9 Å². The van der Waals surface area contributed by atoms with Crippen molar-refractivity contribution < 1.29 is 29.6 Å². The summed E-state index contributed by atoms with van der Waals surface area (Å²) < 4.78 is 6.60. The number of carboxylic acids is 2. The van der Waals surface area contributed by atoms with Crippen LogP contribution in [0.15, 0.2) is 0 Å². The molecule has 0 saturated carbocycles. The van der Waals surface area contributed by atoms with Crippen LogP contribution in [-0.4, -0.2) is 32.9 Å². The van der Waals surface area contributed by atoms with Crippen molar-refractivity contribution in [2.45, 2.75) is 132 Å². The van der Waals surface area contributed by atoms with Gasteiger partial charge >= 0.3 is 11.9 Å². The summed E-state index contributed by atoms with van der Waals surface area (Å²) in [4.78, 5) is 18.2. The molecule has 1 aromatic rings. The van der Waals surface area contributed by atoms with Crippen LogP contribution < -0.4 is 4.74 Å². The Hall–Kier alpha value is -2.24. The van der Waals surface area contributed by atoms with Crippen molar-refractivity contribution >= 4 is 11.9 Å². The lowest BCUT2D eigenvalue weighted by molar-refractivity contribution is -0.159. The maximum absolute atomic E-state index is 10.4. The third-order valence-corrected chi connectivity index (χ3v) is 8.05. The number of phenols is 1. The number of hydrogen-bond donors (Lipinski definition) is 3. The van der Waals surface area contributed by atoms with E-state index in [2.05, 4.69) is 41.5 Å². The second-order valence-electron chi connectivity index (χ2n) is 12.1. The molecule has 0 spiro atoms. The van der Waals surface area contributed by atoms with E-state index in [9.17, 15) is 5.11 Å². The topological polar surface area (TPSA) is 104 Å². The van der Waals surface area contributed by atoms with Gasteiger partial charge in [-0.25, -0.2) is 9.59 Å². The molecule has 1 heterocycles. The predicted molar refractivity (Wildman–Crippen MR) is 150 cm³/mol. The average molecular weight is 521 g/mol. The molecule has 0 saturated heterocycles. The molecule has 2 rings (SSSR count). The highest BCUT2D eigenvalue weighted by Crippen LogP contribution is 2.44. The van der Waals surface area contributed by atoms with E-state index >= 15 is 0 Å². The number of aliphatic carboxylic acids is 2. The van der Waals surface area contributed by atoms with Gasteiger partial charge in [0.25, 0.3) is 0 Å². The Morgan fingerprint density at radius 3 is 1.78 bits per heavy atom. The van der Waals surface area contributed by atoms with Crippen LogP contribution in [-0.2, 0) is 16.0 Å². The Balaban J connectivity index is 0.00000102. The van der Waals surface area contributed by atoms with Gasteiger partial charge in [-0.2, -0.15) is 0 Å². The predicted octanol–water partition coefficient (Wildman–Crippen LogP) is 8.00. The Kier molecular flexibility index (Phi) is 13.5. The first-order chi connectivity index (χ1) is 17.2. The molecular weight excluding hydrogens is 468 g/mol. The summed E-state index contributed by atoms with van der Waals surface area (Å²) in [6.07, 6.45) is 14.1. The van der Waals surface area contributed by atoms with Crippen LogP contribution in [0.25, 0.3) is 0 Å². The molecule has 3 N–H and O–H groups in total. The fourth-order valence-corrected chi connectivity index (χ4v) is 5.27. The normalized spacial score (nSPS) is 18.3. The van der Waals surface area contributed by atoms with Gasteiger partial charge in [0, 0.05) is 5.56 Å². The molecule has 0 aromatic heterocycles. The molecule has 1 aliphatic rings. The van der Waals surface area contributed by atoms with Crippen molar-refractivity contribution in [3.63, 3.8) is 0 Å². The molecule has 6 nitrogen and oxygen atoms in total. The smallest absolute Gasteiger partial charge is 0.414 e. The molecule has 0 amide bonds. The number of phenolic OH excluding ortho intramolecular Hbond substituents is 1. The number of carboxylic acid groups (broad SMARTS) is 2. The summed E-state index contributed by atoms with van der Waals surface area (Å²) in [5.74, 6) is 0.387. The van der Waals surface area contributed by atoms with E-state index < -0.39 is 11.9 Å². The fourth-order valence-electron chi connectivity index (χ4n) is 5.27. The summed E-state index contributed by atoms with van der Waals surface area (Å²) in [5.41, 5.74) is 4.23. The fraction of sp³-hybridized carbons (Fsp3) is 0.742. The highest BCUT2D eigenvalue weighted by molar-refractivity contribution is 6.27. The highest BCUT2D eigenvalue weighted by Gasteiger charge is 2.34. The van der Waals surface area contributed by atoms with Crippen LogP contribution in [0, 0.1) is 38.5 Å². The second kappa shape index (κ2) is 15.2. The standard InChI is InChI=1S/C29H50O2.C2H2O4/c1-20(2)12-9-13-21(3)14-10-15-22(4)16-11-18-29(8)19-17-26-25(7)27(30)23(5)24(6)28(26)31-29;3-1(4)2(5)6/h20-22,30H,9-19H2,1-8H3;(H,3,4)(H,5,6)/t21?,22?,29-;/m1./s1. The van der Waals surface area contributed by atoms with E-state index in [4.69, 9.17) is 24.5 Å². The van der Waals surface area contributed by atoms with Gasteiger partial charge in [-0.1, -0.05) is 72.6 Å². The Morgan fingerprint density at radius 1 is 0.811 bits per heavy atom. The van der Waals surface area contributed by atoms with Gasteiger partial charge in [0.1, 0.15) is 17.1 Å². The van der Waals surface area contributed by atoms with Gasteiger partial charge in [0.05, 0.1) is 0 Å².